The second-order valence-electron chi connectivity index (χ2n) is 13.7. The van der Waals surface area contributed by atoms with Gasteiger partial charge in [-0.1, -0.05) is 12.1 Å². The number of aryl methyl sites for hydroxylation is 1. The molecule has 246 valence electrons. The molecule has 2 heterocycles. The molecule has 0 amide bonds. The molecule has 2 aromatic heterocycles. The molecule has 1 aliphatic carbocycles. The van der Waals surface area contributed by atoms with Gasteiger partial charge in [0.15, 0.2) is 0 Å². The van der Waals surface area contributed by atoms with Crippen LogP contribution in [0.2, 0.25) is 0 Å². The summed E-state index contributed by atoms with van der Waals surface area (Å²) < 4.78 is 2.83. The van der Waals surface area contributed by atoms with E-state index in [1.54, 1.807) is 0 Å². The molecule has 0 spiro atoms. The van der Waals surface area contributed by atoms with Crippen molar-refractivity contribution in [1.82, 2.24) is 15.4 Å². The minimum atomic E-state index is 0.211. The number of aromatic nitrogens is 3. The van der Waals surface area contributed by atoms with Gasteiger partial charge in [0.05, 0.1) is 0 Å². The maximum atomic E-state index is 5.03. The second kappa shape index (κ2) is 12.4. The fourth-order valence-electron chi connectivity index (χ4n) is 8.35. The summed E-state index contributed by atoms with van der Waals surface area (Å²) in [5, 5.41) is 16.6. The van der Waals surface area contributed by atoms with Crippen LogP contribution in [0, 0.1) is 13.8 Å². The molecule has 0 saturated heterocycles. The van der Waals surface area contributed by atoms with Crippen LogP contribution in [0.1, 0.15) is 22.3 Å². The Hall–Kier alpha value is -5.93. The van der Waals surface area contributed by atoms with Crippen molar-refractivity contribution in [3.63, 3.8) is 0 Å². The minimum absolute atomic E-state index is 0.211. The molecule has 0 radical (unpaired) electrons. The Kier molecular flexibility index (Phi) is 7.35. The van der Waals surface area contributed by atoms with Gasteiger partial charge >= 0.3 is 298 Å². The Morgan fingerprint density at radius 2 is 1.19 bits per heavy atom. The number of nitrogens with zero attached hydrogens (tertiary/aromatic N) is 3. The normalized spacial score (nSPS) is 12.0. The standard InChI is InChI=1S/C48H33N3Se/c1-29-26-39-34-19-10-9-18-33(34)27-40(39)44(30(29)2)41-28-49-51-50-48(41)46-35(31-14-5-3-6-15-31)21-13-22-38(46)45-36(32-16-7-4-8-17-32)24-25-43-47(45)37-20-11-12-23-42(37)52-43/h3-26,28H,27H2,1-2H3. The molecule has 10 rings (SSSR count). The first-order chi connectivity index (χ1) is 25.7. The quantitative estimate of drug-likeness (QED) is 0.166. The van der Waals surface area contributed by atoms with E-state index in [2.05, 4.69) is 170 Å². The number of hydrogen-bond acceptors (Lipinski definition) is 3. The predicted molar refractivity (Wildman–Crippen MR) is 217 cm³/mol. The van der Waals surface area contributed by atoms with E-state index in [9.17, 15) is 0 Å². The summed E-state index contributed by atoms with van der Waals surface area (Å²) in [4.78, 5) is 0. The fraction of sp³-hybridized carbons (Fsp3) is 0.0625. The molecule has 9 aromatic rings. The van der Waals surface area contributed by atoms with Crippen molar-refractivity contribution in [3.8, 4) is 66.9 Å². The van der Waals surface area contributed by atoms with E-state index in [1.165, 1.54) is 74.9 Å². The molecule has 52 heavy (non-hydrogen) atoms. The average molecular weight is 731 g/mol. The Bertz CT molecular complexity index is 2840. The SMILES string of the molecule is Cc1cc2c(c(-c3cnnnc3-c3c(-c4ccccc4)cccc3-c3c(-c4ccccc4)ccc4[se]c5ccccc5c34)c1C)Cc1ccccc1-2. The van der Waals surface area contributed by atoms with Crippen molar-refractivity contribution in [2.45, 2.75) is 20.3 Å². The van der Waals surface area contributed by atoms with Crippen LogP contribution in [0.3, 0.4) is 0 Å². The van der Waals surface area contributed by atoms with E-state index in [1.807, 2.05) is 6.20 Å². The molecule has 0 aliphatic heterocycles. The topological polar surface area (TPSA) is 38.7 Å². The molecule has 4 heteroatoms. The van der Waals surface area contributed by atoms with Gasteiger partial charge in [0.1, 0.15) is 0 Å². The van der Waals surface area contributed by atoms with Crippen molar-refractivity contribution in [3.05, 3.63) is 174 Å². The first-order valence-corrected chi connectivity index (χ1v) is 19.5. The zero-order valence-electron chi connectivity index (χ0n) is 28.9. The molecule has 0 unspecified atom stereocenters. The van der Waals surface area contributed by atoms with E-state index < -0.39 is 0 Å². The Morgan fingerprint density at radius 3 is 2.00 bits per heavy atom. The number of rotatable bonds is 5. The van der Waals surface area contributed by atoms with Crippen LogP contribution in [-0.4, -0.2) is 29.9 Å². The Balaban J connectivity index is 1.35. The zero-order chi connectivity index (χ0) is 34.8. The van der Waals surface area contributed by atoms with Crippen LogP contribution in [0.15, 0.2) is 152 Å². The third kappa shape index (κ3) is 4.83. The number of fused-ring (bicyclic) bond motifs is 6. The molecule has 0 atom stereocenters. The summed E-state index contributed by atoms with van der Waals surface area (Å²) >= 11 is 0.211. The summed E-state index contributed by atoms with van der Waals surface area (Å²) in [5.41, 5.74) is 19.0. The van der Waals surface area contributed by atoms with Gasteiger partial charge in [-0.2, -0.15) is 0 Å². The summed E-state index contributed by atoms with van der Waals surface area (Å²) in [6.07, 6.45) is 2.82. The van der Waals surface area contributed by atoms with E-state index in [-0.39, 0.29) is 14.5 Å². The molecular formula is C48H33N3Se. The third-order valence-electron chi connectivity index (χ3n) is 10.8. The summed E-state index contributed by atoms with van der Waals surface area (Å²) in [6.45, 7) is 4.47. The van der Waals surface area contributed by atoms with Crippen molar-refractivity contribution in [2.75, 3.05) is 0 Å². The van der Waals surface area contributed by atoms with Crippen LogP contribution in [0.5, 0.6) is 0 Å². The van der Waals surface area contributed by atoms with Crippen molar-refractivity contribution >= 4 is 33.8 Å². The van der Waals surface area contributed by atoms with E-state index in [0.717, 1.165) is 39.9 Å². The molecule has 7 aromatic carbocycles. The van der Waals surface area contributed by atoms with E-state index in [0.29, 0.717) is 0 Å². The summed E-state index contributed by atoms with van der Waals surface area (Å²) in [5.74, 6) is 0. The molecule has 0 saturated carbocycles. The fourth-order valence-corrected chi connectivity index (χ4v) is 10.7. The van der Waals surface area contributed by atoms with Gasteiger partial charge in [0.2, 0.25) is 0 Å². The van der Waals surface area contributed by atoms with Gasteiger partial charge in [0, 0.05) is 0 Å². The molecular weight excluding hydrogens is 698 g/mol. The van der Waals surface area contributed by atoms with Gasteiger partial charge in [-0.25, -0.2) is 0 Å². The van der Waals surface area contributed by atoms with Crippen molar-refractivity contribution in [1.29, 1.82) is 0 Å². The van der Waals surface area contributed by atoms with E-state index >= 15 is 0 Å². The van der Waals surface area contributed by atoms with Gasteiger partial charge in [-0.3, -0.25) is 0 Å². The number of benzene rings is 7. The zero-order valence-corrected chi connectivity index (χ0v) is 30.6. The van der Waals surface area contributed by atoms with Crippen LogP contribution < -0.4 is 0 Å². The summed E-state index contributed by atoms with van der Waals surface area (Å²) in [7, 11) is 0. The maximum absolute atomic E-state index is 5.03. The first kappa shape index (κ1) is 30.9. The molecule has 0 fully saturated rings. The van der Waals surface area contributed by atoms with Crippen LogP contribution in [-0.2, 0) is 6.42 Å². The van der Waals surface area contributed by atoms with Crippen LogP contribution >= 0.6 is 0 Å². The van der Waals surface area contributed by atoms with Gasteiger partial charge in [-0.05, 0) is 0 Å². The van der Waals surface area contributed by atoms with Gasteiger partial charge in [-0.15, -0.1) is 0 Å². The third-order valence-corrected chi connectivity index (χ3v) is 13.2. The summed E-state index contributed by atoms with van der Waals surface area (Å²) in [6, 6.07) is 53.1. The number of hydrogen-bond donors (Lipinski definition) is 0. The van der Waals surface area contributed by atoms with Crippen molar-refractivity contribution in [2.24, 2.45) is 0 Å². The Morgan fingerprint density at radius 1 is 0.519 bits per heavy atom. The van der Waals surface area contributed by atoms with Crippen molar-refractivity contribution < 1.29 is 0 Å². The van der Waals surface area contributed by atoms with Gasteiger partial charge < -0.3 is 0 Å². The predicted octanol–water partition coefficient (Wildman–Crippen LogP) is 11.8. The monoisotopic (exact) mass is 731 g/mol. The van der Waals surface area contributed by atoms with Gasteiger partial charge in [0.25, 0.3) is 0 Å². The van der Waals surface area contributed by atoms with E-state index in [4.69, 9.17) is 5.10 Å². The Labute approximate surface area is 309 Å². The second-order valence-corrected chi connectivity index (χ2v) is 15.9. The van der Waals surface area contributed by atoms with Crippen LogP contribution in [0.25, 0.3) is 86.2 Å². The molecule has 0 bridgehead atoms. The molecule has 1 aliphatic rings. The molecule has 3 nitrogen and oxygen atoms in total. The van der Waals surface area contributed by atoms with Crippen LogP contribution in [0.4, 0.5) is 0 Å². The first-order valence-electron chi connectivity index (χ1n) is 17.7. The molecule has 0 N–H and O–H groups in total. The average Bonchev–Trinajstić information content (AvgIpc) is 3.77.